The van der Waals surface area contributed by atoms with Crippen LogP contribution in [0.15, 0.2) is 97.3 Å². The molecule has 4 N–H and O–H groups in total. The van der Waals surface area contributed by atoms with E-state index in [1.807, 2.05) is 72.8 Å². The van der Waals surface area contributed by atoms with Gasteiger partial charge in [-0.3, -0.25) is 19.7 Å². The number of benzene rings is 2. The van der Waals surface area contributed by atoms with Gasteiger partial charge in [-0.2, -0.15) is 12.6 Å². The molecule has 0 saturated heterocycles. The van der Waals surface area contributed by atoms with Crippen LogP contribution in [-0.2, 0) is 36.7 Å². The summed E-state index contributed by atoms with van der Waals surface area (Å²) in [7, 11) is 0. The first-order chi connectivity index (χ1) is 25.7. The molecular weight excluding hydrogens is 725 g/mol. The van der Waals surface area contributed by atoms with Gasteiger partial charge in [0.15, 0.2) is 5.12 Å². The molecule has 0 aliphatic rings. The summed E-state index contributed by atoms with van der Waals surface area (Å²) in [5.74, 6) is -1.39. The van der Waals surface area contributed by atoms with Gasteiger partial charge in [-0.15, -0.1) is 0 Å². The number of carbonyl (C=O) groups excluding carboxylic acids is 3. The zero-order valence-electron chi connectivity index (χ0n) is 31.3. The zero-order chi connectivity index (χ0) is 39.7. The largest absolute Gasteiger partial charge is 0.481 e. The van der Waals surface area contributed by atoms with Crippen LogP contribution in [0.2, 0.25) is 0 Å². The monoisotopic (exact) mass is 774 g/mol. The zero-order valence-corrected chi connectivity index (χ0v) is 33.0. The van der Waals surface area contributed by atoms with Crippen molar-refractivity contribution in [2.75, 3.05) is 29.2 Å². The van der Waals surface area contributed by atoms with Gasteiger partial charge in [0.05, 0.1) is 18.4 Å². The van der Waals surface area contributed by atoms with Crippen LogP contribution in [0.5, 0.6) is 0 Å². The van der Waals surface area contributed by atoms with Crippen LogP contribution in [0.3, 0.4) is 0 Å². The molecule has 4 unspecified atom stereocenters. The predicted octanol–water partition coefficient (Wildman–Crippen LogP) is 7.83. The first-order valence-electron chi connectivity index (χ1n) is 17.6. The minimum absolute atomic E-state index is 0.0576. The number of hydrogen-bond acceptors (Lipinski definition) is 11. The summed E-state index contributed by atoms with van der Waals surface area (Å²) < 4.78 is 10.6. The molecule has 4 atom stereocenters. The molecule has 0 aliphatic heterocycles. The third-order valence-corrected chi connectivity index (χ3v) is 9.54. The number of carbonyl (C=O) groups is 4. The number of carboxylic acid groups (broad SMARTS) is 1. The number of nitrogens with one attached hydrogen (secondary N) is 1. The lowest BCUT2D eigenvalue weighted by atomic mass is 9.83. The number of nitrogen functional groups attached to an aromatic ring is 1. The van der Waals surface area contributed by atoms with Crippen LogP contribution in [0.25, 0.3) is 0 Å². The SMILES string of the molecule is CCOC(=O)C(CSC(C)=O)C(Cc1ccccc1)c1ccc(NC(=O)OC(C)(C)C)nc1.Nc1ccc(C(Cc2ccccc2)C(CS)C(=O)O)cn1. The van der Waals surface area contributed by atoms with E-state index in [-0.39, 0.29) is 35.3 Å². The maximum absolute atomic E-state index is 12.9. The molecular formula is C41H50N4O7S2. The molecule has 0 fully saturated rings. The van der Waals surface area contributed by atoms with Crippen molar-refractivity contribution >= 4 is 59.2 Å². The number of aromatic nitrogens is 2. The van der Waals surface area contributed by atoms with Gasteiger partial charge in [0, 0.05) is 42.7 Å². The minimum atomic E-state index is -0.845. The van der Waals surface area contributed by atoms with Crippen LogP contribution < -0.4 is 11.1 Å². The molecule has 2 heterocycles. The van der Waals surface area contributed by atoms with Gasteiger partial charge >= 0.3 is 18.0 Å². The number of carboxylic acids is 1. The van der Waals surface area contributed by atoms with Gasteiger partial charge in [-0.05, 0) is 74.9 Å². The van der Waals surface area contributed by atoms with Gasteiger partial charge in [-0.25, -0.2) is 14.8 Å². The molecule has 2 aromatic heterocycles. The number of aliphatic carboxylic acids is 1. The smallest absolute Gasteiger partial charge is 0.413 e. The summed E-state index contributed by atoms with van der Waals surface area (Å²) in [6.45, 7) is 8.86. The Morgan fingerprint density at radius 2 is 1.37 bits per heavy atom. The topological polar surface area (TPSA) is 171 Å². The summed E-state index contributed by atoms with van der Waals surface area (Å²) in [6, 6.07) is 26.7. The Kier molecular flexibility index (Phi) is 17.5. The summed E-state index contributed by atoms with van der Waals surface area (Å²) in [6.07, 6.45) is 3.91. The van der Waals surface area contributed by atoms with E-state index in [0.29, 0.717) is 30.2 Å². The molecule has 288 valence electrons. The molecule has 54 heavy (non-hydrogen) atoms. The summed E-state index contributed by atoms with van der Waals surface area (Å²) in [4.78, 5) is 56.5. The van der Waals surface area contributed by atoms with Crippen molar-refractivity contribution in [3.05, 3.63) is 120 Å². The molecule has 0 aliphatic carbocycles. The number of esters is 1. The molecule has 11 nitrogen and oxygen atoms in total. The molecule has 0 spiro atoms. The van der Waals surface area contributed by atoms with E-state index in [9.17, 15) is 24.3 Å². The van der Waals surface area contributed by atoms with E-state index in [1.54, 1.807) is 52.2 Å². The first kappa shape index (κ1) is 43.5. The quantitative estimate of drug-likeness (QED) is 0.0686. The molecule has 1 amide bonds. The maximum atomic E-state index is 12.9. The van der Waals surface area contributed by atoms with Crippen LogP contribution in [0, 0.1) is 11.8 Å². The highest BCUT2D eigenvalue weighted by Crippen LogP contribution is 2.33. The van der Waals surface area contributed by atoms with E-state index in [2.05, 4.69) is 27.9 Å². The molecule has 0 saturated carbocycles. The van der Waals surface area contributed by atoms with Crippen molar-refractivity contribution in [3.8, 4) is 0 Å². The predicted molar refractivity (Wildman–Crippen MR) is 217 cm³/mol. The Balaban J connectivity index is 0.000000320. The van der Waals surface area contributed by atoms with Crippen molar-refractivity contribution < 1.29 is 33.8 Å². The number of amides is 1. The second-order valence-corrected chi connectivity index (χ2v) is 15.1. The fourth-order valence-electron chi connectivity index (χ4n) is 5.65. The van der Waals surface area contributed by atoms with E-state index in [0.717, 1.165) is 34.0 Å². The van der Waals surface area contributed by atoms with E-state index < -0.39 is 29.5 Å². The third kappa shape index (κ3) is 14.9. The van der Waals surface area contributed by atoms with Crippen LogP contribution in [-0.4, -0.2) is 61.9 Å². The number of thioether (sulfide) groups is 1. The van der Waals surface area contributed by atoms with Crippen LogP contribution in [0.4, 0.5) is 16.4 Å². The lowest BCUT2D eigenvalue weighted by molar-refractivity contribution is -0.148. The lowest BCUT2D eigenvalue weighted by Crippen LogP contribution is -2.29. The summed E-state index contributed by atoms with van der Waals surface area (Å²) in [5, 5.41) is 12.0. The number of anilines is 2. The molecule has 0 bridgehead atoms. The van der Waals surface area contributed by atoms with Crippen molar-refractivity contribution in [2.24, 2.45) is 11.8 Å². The fraction of sp³-hybridized carbons (Fsp3) is 0.366. The van der Waals surface area contributed by atoms with E-state index in [1.165, 1.54) is 6.92 Å². The molecule has 4 aromatic rings. The second kappa shape index (κ2) is 21.7. The Bertz CT molecular complexity index is 1770. The highest BCUT2D eigenvalue weighted by atomic mass is 32.2. The van der Waals surface area contributed by atoms with Gasteiger partial charge in [0.1, 0.15) is 17.2 Å². The average molecular weight is 775 g/mol. The lowest BCUT2D eigenvalue weighted by Gasteiger charge is -2.26. The normalized spacial score (nSPS) is 13.2. The average Bonchev–Trinajstić information content (AvgIpc) is 3.12. The summed E-state index contributed by atoms with van der Waals surface area (Å²) in [5.41, 5.74) is 8.82. The third-order valence-electron chi connectivity index (χ3n) is 8.22. The minimum Gasteiger partial charge on any atom is -0.481 e. The number of thiol groups is 1. The van der Waals surface area contributed by atoms with Crippen molar-refractivity contribution in [1.82, 2.24) is 9.97 Å². The highest BCUT2D eigenvalue weighted by Gasteiger charge is 2.32. The number of nitrogens with zero attached hydrogens (tertiary/aromatic N) is 2. The van der Waals surface area contributed by atoms with Gasteiger partial charge < -0.3 is 20.3 Å². The van der Waals surface area contributed by atoms with Gasteiger partial charge in [0.25, 0.3) is 0 Å². The van der Waals surface area contributed by atoms with Crippen LogP contribution in [0.1, 0.15) is 68.7 Å². The number of ether oxygens (including phenoxy) is 2. The second-order valence-electron chi connectivity index (χ2n) is 13.5. The Hall–Kier alpha value is -4.88. The molecule has 2 aromatic carbocycles. The molecule has 4 rings (SSSR count). The van der Waals surface area contributed by atoms with Crippen molar-refractivity contribution in [3.63, 3.8) is 0 Å². The Labute approximate surface area is 327 Å². The summed E-state index contributed by atoms with van der Waals surface area (Å²) >= 11 is 5.32. The van der Waals surface area contributed by atoms with Crippen LogP contribution >= 0.6 is 24.4 Å². The first-order valence-corrected chi connectivity index (χ1v) is 19.2. The van der Waals surface area contributed by atoms with Crippen molar-refractivity contribution in [1.29, 1.82) is 0 Å². The Morgan fingerprint density at radius 3 is 1.80 bits per heavy atom. The number of rotatable bonds is 15. The van der Waals surface area contributed by atoms with E-state index >= 15 is 0 Å². The standard InChI is InChI=1S/C25H32N2O5S.C16H18N2O2S/c1-6-31-23(29)21(16-33-17(2)28)20(14-18-10-8-7-9-11-18)19-12-13-22(26-15-19)27-24(30)32-25(3,4)5;17-15-7-6-12(9-18-15)13(14(10-21)16(19)20)8-11-4-2-1-3-5-11/h7-13,15,20-21H,6,14,16H2,1-5H3,(H,26,27,30);1-7,9,13-14,21H,8,10H2,(H2,17,18)(H,19,20). The number of nitrogens with two attached hydrogens (primary N) is 1. The van der Waals surface area contributed by atoms with Gasteiger partial charge in [-0.1, -0.05) is 84.6 Å². The Morgan fingerprint density at radius 1 is 0.833 bits per heavy atom. The fourth-order valence-corrected chi connectivity index (χ4v) is 6.84. The number of hydrogen-bond donors (Lipinski definition) is 4. The molecule has 13 heteroatoms. The van der Waals surface area contributed by atoms with E-state index in [4.69, 9.17) is 15.2 Å². The maximum Gasteiger partial charge on any atom is 0.413 e. The highest BCUT2D eigenvalue weighted by molar-refractivity contribution is 8.13. The number of pyridine rings is 2. The van der Waals surface area contributed by atoms with Crippen molar-refractivity contribution in [2.45, 2.75) is 64.9 Å². The van der Waals surface area contributed by atoms with Gasteiger partial charge in [0.2, 0.25) is 0 Å². The molecule has 0 radical (unpaired) electrons.